The molecule has 5 heteroatoms. The highest BCUT2D eigenvalue weighted by Gasteiger charge is 2.26. The fraction of sp³-hybridized carbons (Fsp3) is 0.458. The van der Waals surface area contributed by atoms with E-state index < -0.39 is 0 Å². The lowest BCUT2D eigenvalue weighted by atomic mass is 10.0. The number of hydrogen-bond acceptors (Lipinski definition) is 4. The van der Waals surface area contributed by atoms with E-state index >= 15 is 0 Å². The largest absolute Gasteiger partial charge is 0.465 e. The van der Waals surface area contributed by atoms with Gasteiger partial charge < -0.3 is 14.2 Å². The molecule has 29 heavy (non-hydrogen) atoms. The van der Waals surface area contributed by atoms with Crippen molar-refractivity contribution in [3.05, 3.63) is 58.2 Å². The second-order valence-electron chi connectivity index (χ2n) is 8.26. The van der Waals surface area contributed by atoms with Crippen LogP contribution in [-0.2, 0) is 0 Å². The van der Waals surface area contributed by atoms with Gasteiger partial charge in [-0.3, -0.25) is 9.69 Å². The van der Waals surface area contributed by atoms with E-state index in [0.717, 1.165) is 46.7 Å². The number of nitrogens with zero attached hydrogens (tertiary/aromatic N) is 1. The van der Waals surface area contributed by atoms with Crippen LogP contribution in [0.15, 0.2) is 33.1 Å². The fourth-order valence-corrected chi connectivity index (χ4v) is 4.23. The highest BCUT2D eigenvalue weighted by Crippen LogP contribution is 2.29. The van der Waals surface area contributed by atoms with Gasteiger partial charge in [-0.05, 0) is 89.0 Å². The summed E-state index contributed by atoms with van der Waals surface area (Å²) in [6.45, 7) is 10.6. The van der Waals surface area contributed by atoms with Crippen molar-refractivity contribution in [1.82, 2.24) is 10.2 Å². The Balaban J connectivity index is 1.55. The molecule has 3 aromatic rings. The molecule has 1 aliphatic heterocycles. The van der Waals surface area contributed by atoms with Crippen molar-refractivity contribution >= 4 is 16.9 Å². The maximum atomic E-state index is 13.0. The molecule has 1 saturated heterocycles. The minimum absolute atomic E-state index is 0.0436. The van der Waals surface area contributed by atoms with Crippen LogP contribution in [0.25, 0.3) is 11.0 Å². The van der Waals surface area contributed by atoms with Gasteiger partial charge in [0.1, 0.15) is 17.1 Å². The maximum absolute atomic E-state index is 13.0. The average Bonchev–Trinajstić information content (AvgIpc) is 3.27. The number of carbonyl (C=O) groups is 1. The molecule has 4 rings (SSSR count). The lowest BCUT2D eigenvalue weighted by Crippen LogP contribution is -2.40. The zero-order valence-corrected chi connectivity index (χ0v) is 17.8. The molecule has 1 N–H and O–H groups in total. The summed E-state index contributed by atoms with van der Waals surface area (Å²) < 4.78 is 11.9. The van der Waals surface area contributed by atoms with Crippen molar-refractivity contribution in [2.45, 2.75) is 53.0 Å². The van der Waals surface area contributed by atoms with Gasteiger partial charge in [0.15, 0.2) is 5.76 Å². The highest BCUT2D eigenvalue weighted by atomic mass is 16.3. The summed E-state index contributed by atoms with van der Waals surface area (Å²) in [5.41, 5.74) is 4.03. The summed E-state index contributed by atoms with van der Waals surface area (Å²) in [4.78, 5) is 15.4. The molecule has 3 heterocycles. The Hall–Kier alpha value is -2.53. The van der Waals surface area contributed by atoms with Crippen molar-refractivity contribution in [2.24, 2.45) is 0 Å². The monoisotopic (exact) mass is 394 g/mol. The summed E-state index contributed by atoms with van der Waals surface area (Å²) in [6, 6.07) is 8.17. The standard InChI is InChI=1S/C24H30N2O3/c1-15-12-19-18(4)23(29-22(19)13-16(15)2)24(27)25-14-20(21-9-8-17(3)28-21)26-10-6-5-7-11-26/h8-9,12-13,20H,5-7,10-11,14H2,1-4H3,(H,25,27). The summed E-state index contributed by atoms with van der Waals surface area (Å²) in [5.74, 6) is 2.04. The predicted molar refractivity (Wildman–Crippen MR) is 114 cm³/mol. The molecule has 1 atom stereocenters. The number of amides is 1. The van der Waals surface area contributed by atoms with E-state index in [4.69, 9.17) is 8.83 Å². The van der Waals surface area contributed by atoms with E-state index in [1.165, 1.54) is 24.8 Å². The number of piperidine rings is 1. The Morgan fingerprint density at radius 3 is 2.45 bits per heavy atom. The molecular weight excluding hydrogens is 364 g/mol. The molecule has 0 saturated carbocycles. The summed E-state index contributed by atoms with van der Waals surface area (Å²) in [5, 5.41) is 4.11. The Morgan fingerprint density at radius 2 is 1.76 bits per heavy atom. The zero-order valence-electron chi connectivity index (χ0n) is 17.8. The molecule has 154 valence electrons. The van der Waals surface area contributed by atoms with E-state index in [1.54, 1.807) is 0 Å². The van der Waals surface area contributed by atoms with Gasteiger partial charge in [0.25, 0.3) is 5.91 Å². The second-order valence-corrected chi connectivity index (χ2v) is 8.26. The third-order valence-electron chi connectivity index (χ3n) is 6.14. The maximum Gasteiger partial charge on any atom is 0.287 e. The van der Waals surface area contributed by atoms with Gasteiger partial charge in [0.2, 0.25) is 0 Å². The van der Waals surface area contributed by atoms with E-state index in [9.17, 15) is 4.79 Å². The van der Waals surface area contributed by atoms with Crippen molar-refractivity contribution in [3.8, 4) is 0 Å². The van der Waals surface area contributed by atoms with Crippen LogP contribution in [-0.4, -0.2) is 30.4 Å². The zero-order chi connectivity index (χ0) is 20.5. The number of carbonyl (C=O) groups excluding carboxylic acids is 1. The number of hydrogen-bond donors (Lipinski definition) is 1. The number of fused-ring (bicyclic) bond motifs is 1. The molecule has 0 bridgehead atoms. The van der Waals surface area contributed by atoms with Crippen LogP contribution in [0.5, 0.6) is 0 Å². The van der Waals surface area contributed by atoms with Crippen molar-refractivity contribution < 1.29 is 13.6 Å². The lowest BCUT2D eigenvalue weighted by Gasteiger charge is -2.33. The van der Waals surface area contributed by atoms with Crippen LogP contribution in [0.4, 0.5) is 0 Å². The minimum atomic E-state index is -0.167. The third-order valence-corrected chi connectivity index (χ3v) is 6.14. The van der Waals surface area contributed by atoms with Gasteiger partial charge in [0, 0.05) is 17.5 Å². The normalized spacial score (nSPS) is 16.3. The van der Waals surface area contributed by atoms with Gasteiger partial charge in [-0.1, -0.05) is 6.42 Å². The number of aryl methyl sites for hydroxylation is 4. The molecule has 2 aromatic heterocycles. The second kappa shape index (κ2) is 8.07. The first-order chi connectivity index (χ1) is 13.9. The molecular formula is C24H30N2O3. The topological polar surface area (TPSA) is 58.6 Å². The third kappa shape index (κ3) is 3.97. The Labute approximate surface area is 172 Å². The molecule has 1 amide bonds. The minimum Gasteiger partial charge on any atom is -0.465 e. The highest BCUT2D eigenvalue weighted by molar-refractivity contribution is 5.99. The Bertz CT molecular complexity index is 1020. The molecule has 1 unspecified atom stereocenters. The number of benzene rings is 1. The van der Waals surface area contributed by atoms with Crippen LogP contribution in [0.3, 0.4) is 0 Å². The first kappa shape index (κ1) is 19.8. The van der Waals surface area contributed by atoms with Crippen molar-refractivity contribution in [3.63, 3.8) is 0 Å². The van der Waals surface area contributed by atoms with Crippen LogP contribution in [0.2, 0.25) is 0 Å². The van der Waals surface area contributed by atoms with Gasteiger partial charge in [-0.15, -0.1) is 0 Å². The number of rotatable bonds is 5. The molecule has 1 aromatic carbocycles. The van der Waals surface area contributed by atoms with Crippen molar-refractivity contribution in [1.29, 1.82) is 0 Å². The van der Waals surface area contributed by atoms with Gasteiger partial charge in [-0.25, -0.2) is 0 Å². The van der Waals surface area contributed by atoms with Gasteiger partial charge in [-0.2, -0.15) is 0 Å². The summed E-state index contributed by atoms with van der Waals surface area (Å²) >= 11 is 0. The Morgan fingerprint density at radius 1 is 1.03 bits per heavy atom. The van der Waals surface area contributed by atoms with Crippen molar-refractivity contribution in [2.75, 3.05) is 19.6 Å². The summed E-state index contributed by atoms with van der Waals surface area (Å²) in [6.07, 6.45) is 3.64. The van der Waals surface area contributed by atoms with Crippen LogP contribution >= 0.6 is 0 Å². The van der Waals surface area contributed by atoms with Crippen LogP contribution in [0.1, 0.15) is 64.1 Å². The SMILES string of the molecule is Cc1ccc(C(CNC(=O)c2oc3cc(C)c(C)cc3c2C)N2CCCCC2)o1. The van der Waals surface area contributed by atoms with Crippen LogP contribution < -0.4 is 5.32 Å². The first-order valence-corrected chi connectivity index (χ1v) is 10.5. The molecule has 0 radical (unpaired) electrons. The van der Waals surface area contributed by atoms with E-state index in [-0.39, 0.29) is 11.9 Å². The molecule has 1 aliphatic rings. The number of nitrogens with one attached hydrogen (secondary N) is 1. The van der Waals surface area contributed by atoms with Crippen LogP contribution in [0, 0.1) is 27.7 Å². The average molecular weight is 395 g/mol. The molecule has 0 spiro atoms. The predicted octanol–water partition coefficient (Wildman–Crippen LogP) is 5.22. The number of furan rings is 2. The van der Waals surface area contributed by atoms with Gasteiger partial charge >= 0.3 is 0 Å². The fourth-order valence-electron chi connectivity index (χ4n) is 4.23. The Kier molecular flexibility index (Phi) is 5.50. The van der Waals surface area contributed by atoms with E-state index in [1.807, 2.05) is 32.0 Å². The quantitative estimate of drug-likeness (QED) is 0.645. The number of likely N-dealkylation sites (tertiary alicyclic amines) is 1. The van der Waals surface area contributed by atoms with E-state index in [2.05, 4.69) is 30.1 Å². The molecule has 0 aliphatic carbocycles. The molecule has 5 nitrogen and oxygen atoms in total. The summed E-state index contributed by atoms with van der Waals surface area (Å²) in [7, 11) is 0. The van der Waals surface area contributed by atoms with Gasteiger partial charge in [0.05, 0.1) is 6.04 Å². The molecule has 1 fully saturated rings. The smallest absolute Gasteiger partial charge is 0.287 e. The lowest BCUT2D eigenvalue weighted by molar-refractivity contribution is 0.0888. The first-order valence-electron chi connectivity index (χ1n) is 10.5. The van der Waals surface area contributed by atoms with E-state index in [0.29, 0.717) is 12.3 Å².